The quantitative estimate of drug-likeness (QED) is 0.377. The van der Waals surface area contributed by atoms with Crippen LogP contribution in [0.1, 0.15) is 23.5 Å². The molecule has 0 saturated heterocycles. The Morgan fingerprint density at radius 1 is 1.27 bits per heavy atom. The van der Waals surface area contributed by atoms with Gasteiger partial charge in [-0.05, 0) is 24.0 Å². The molecule has 0 aliphatic carbocycles. The largest absolute Gasteiger partial charge is 0.504 e. The van der Waals surface area contributed by atoms with Crippen molar-refractivity contribution in [3.8, 4) is 11.5 Å². The molecule has 7 nitrogen and oxygen atoms in total. The van der Waals surface area contributed by atoms with Crippen molar-refractivity contribution >= 4 is 23.5 Å². The zero-order valence-corrected chi connectivity index (χ0v) is 12.4. The third-order valence-electron chi connectivity index (χ3n) is 3.52. The monoisotopic (exact) mass is 319 g/mol. The first-order valence-electron chi connectivity index (χ1n) is 6.49. The molecule has 2 aromatic rings. The molecule has 1 amide bonds. The van der Waals surface area contributed by atoms with Gasteiger partial charge in [-0.25, -0.2) is 4.98 Å². The highest BCUT2D eigenvalue weighted by Gasteiger charge is 2.31. The van der Waals surface area contributed by atoms with Crippen molar-refractivity contribution in [2.24, 2.45) is 0 Å². The maximum Gasteiger partial charge on any atom is 0.257 e. The fourth-order valence-electron chi connectivity index (χ4n) is 2.49. The summed E-state index contributed by atoms with van der Waals surface area (Å²) in [7, 11) is 0. The topological polar surface area (TPSA) is 115 Å². The number of nitrogens with one attached hydrogen (secondary N) is 2. The predicted octanol–water partition coefficient (Wildman–Crippen LogP) is 1.38. The molecule has 0 saturated carbocycles. The zero-order chi connectivity index (χ0) is 15.9. The molecule has 1 aliphatic heterocycles. The first-order chi connectivity index (χ1) is 10.5. The van der Waals surface area contributed by atoms with Gasteiger partial charge in [0, 0.05) is 12.3 Å². The summed E-state index contributed by atoms with van der Waals surface area (Å²) in [5.74, 6) is -1.09. The number of H-pyrrole nitrogens is 1. The van der Waals surface area contributed by atoms with Crippen LogP contribution in [0, 0.1) is 0 Å². The van der Waals surface area contributed by atoms with E-state index >= 15 is 0 Å². The fourth-order valence-corrected chi connectivity index (χ4v) is 2.87. The van der Waals surface area contributed by atoms with Gasteiger partial charge in [0.05, 0.1) is 5.56 Å². The van der Waals surface area contributed by atoms with E-state index in [9.17, 15) is 19.8 Å². The summed E-state index contributed by atoms with van der Waals surface area (Å²) >= 11 is 1.27. The minimum absolute atomic E-state index is 0.0700. The molecular weight excluding hydrogens is 306 g/mol. The molecule has 4 N–H and O–H groups in total. The molecule has 2 heterocycles. The smallest absolute Gasteiger partial charge is 0.257 e. The second-order valence-electron chi connectivity index (χ2n) is 4.89. The summed E-state index contributed by atoms with van der Waals surface area (Å²) in [5.41, 5.74) is 0.588. The Morgan fingerprint density at radius 2 is 2.05 bits per heavy atom. The van der Waals surface area contributed by atoms with Crippen LogP contribution in [-0.4, -0.2) is 32.3 Å². The van der Waals surface area contributed by atoms with Crippen LogP contribution in [0.15, 0.2) is 28.2 Å². The molecule has 3 rings (SSSR count). The van der Waals surface area contributed by atoms with Gasteiger partial charge in [0.2, 0.25) is 5.91 Å². The van der Waals surface area contributed by atoms with Crippen LogP contribution in [0.2, 0.25) is 0 Å². The van der Waals surface area contributed by atoms with Crippen LogP contribution in [0.3, 0.4) is 0 Å². The van der Waals surface area contributed by atoms with Crippen LogP contribution in [0.4, 0.5) is 5.82 Å². The van der Waals surface area contributed by atoms with E-state index in [0.717, 1.165) is 0 Å². The second-order valence-corrected chi connectivity index (χ2v) is 5.69. The number of hydrogen-bond acceptors (Lipinski definition) is 6. The van der Waals surface area contributed by atoms with Gasteiger partial charge in [-0.1, -0.05) is 17.8 Å². The van der Waals surface area contributed by atoms with Gasteiger partial charge >= 0.3 is 0 Å². The number of fused-ring (bicyclic) bond motifs is 1. The third kappa shape index (κ3) is 2.41. The third-order valence-corrected chi connectivity index (χ3v) is 4.10. The van der Waals surface area contributed by atoms with Gasteiger partial charge in [0.1, 0.15) is 5.82 Å². The molecular formula is C14H13N3O4S. The number of aromatic nitrogens is 2. The Hall–Kier alpha value is -2.48. The normalized spacial score (nSPS) is 17.0. The lowest BCUT2D eigenvalue weighted by atomic mass is 9.86. The minimum Gasteiger partial charge on any atom is -0.504 e. The van der Waals surface area contributed by atoms with E-state index in [-0.39, 0.29) is 35.2 Å². The van der Waals surface area contributed by atoms with Crippen LogP contribution < -0.4 is 10.9 Å². The standard InChI is InChI=1S/C14H13N3O4S/c1-22-14-16-12-11(13(21)17-14)7(5-10(20)15-12)6-2-3-8(18)9(19)4-6/h2-4,7,18-19H,5H2,1H3,(H2,15,16,17,20,21). The molecule has 1 unspecified atom stereocenters. The first-order valence-corrected chi connectivity index (χ1v) is 7.72. The highest BCUT2D eigenvalue weighted by atomic mass is 32.2. The van der Waals surface area contributed by atoms with Crippen molar-refractivity contribution in [3.63, 3.8) is 0 Å². The van der Waals surface area contributed by atoms with E-state index in [0.29, 0.717) is 16.3 Å². The van der Waals surface area contributed by atoms with Gasteiger partial charge in [-0.15, -0.1) is 0 Å². The van der Waals surface area contributed by atoms with Crippen molar-refractivity contribution in [2.75, 3.05) is 11.6 Å². The van der Waals surface area contributed by atoms with E-state index < -0.39 is 5.92 Å². The summed E-state index contributed by atoms with van der Waals surface area (Å²) in [5, 5.41) is 22.1. The molecule has 1 aliphatic rings. The molecule has 8 heteroatoms. The fraction of sp³-hybridized carbons (Fsp3) is 0.214. The number of rotatable bonds is 2. The van der Waals surface area contributed by atoms with Gasteiger partial charge in [0.15, 0.2) is 16.7 Å². The molecule has 114 valence electrons. The van der Waals surface area contributed by atoms with E-state index in [4.69, 9.17) is 0 Å². The zero-order valence-electron chi connectivity index (χ0n) is 11.6. The highest BCUT2D eigenvalue weighted by molar-refractivity contribution is 7.98. The Balaban J connectivity index is 2.17. The number of thioether (sulfide) groups is 1. The number of anilines is 1. The number of phenols is 2. The molecule has 22 heavy (non-hydrogen) atoms. The number of aromatic hydroxyl groups is 2. The molecule has 0 radical (unpaired) electrons. The number of benzene rings is 1. The number of carbonyl (C=O) groups is 1. The Bertz CT molecular complexity index is 818. The number of nitrogens with zero attached hydrogens (tertiary/aromatic N) is 1. The van der Waals surface area contributed by atoms with Crippen LogP contribution in [0.25, 0.3) is 0 Å². The lowest BCUT2D eigenvalue weighted by Crippen LogP contribution is -2.31. The Kier molecular flexibility index (Phi) is 3.53. The number of carbonyl (C=O) groups excluding carboxylic acids is 1. The summed E-state index contributed by atoms with van der Waals surface area (Å²) in [4.78, 5) is 31.1. The molecule has 0 spiro atoms. The maximum atomic E-state index is 12.3. The minimum atomic E-state index is -0.526. The predicted molar refractivity (Wildman–Crippen MR) is 81.5 cm³/mol. The average molecular weight is 319 g/mol. The molecule has 0 fully saturated rings. The molecule has 1 atom stereocenters. The number of hydrogen-bond donors (Lipinski definition) is 4. The lowest BCUT2D eigenvalue weighted by Gasteiger charge is -2.24. The van der Waals surface area contributed by atoms with E-state index in [1.807, 2.05) is 0 Å². The summed E-state index contributed by atoms with van der Waals surface area (Å²) in [6.45, 7) is 0. The summed E-state index contributed by atoms with van der Waals surface area (Å²) < 4.78 is 0. The van der Waals surface area contributed by atoms with Crippen molar-refractivity contribution in [3.05, 3.63) is 39.7 Å². The summed E-state index contributed by atoms with van der Waals surface area (Å²) in [6, 6.07) is 4.25. The van der Waals surface area contributed by atoms with Crippen molar-refractivity contribution in [1.82, 2.24) is 9.97 Å². The van der Waals surface area contributed by atoms with E-state index in [1.54, 1.807) is 12.3 Å². The van der Waals surface area contributed by atoms with Gasteiger partial charge in [-0.3, -0.25) is 9.59 Å². The Labute approximate surface area is 129 Å². The van der Waals surface area contributed by atoms with Gasteiger partial charge in [0.25, 0.3) is 5.56 Å². The van der Waals surface area contributed by atoms with Crippen molar-refractivity contribution < 1.29 is 15.0 Å². The Morgan fingerprint density at radius 3 is 2.73 bits per heavy atom. The van der Waals surface area contributed by atoms with E-state index in [2.05, 4.69) is 15.3 Å². The number of phenolic OH excluding ortho intramolecular Hbond substituents is 2. The first kappa shape index (κ1) is 14.5. The average Bonchev–Trinajstić information content (AvgIpc) is 2.48. The molecule has 1 aromatic heterocycles. The van der Waals surface area contributed by atoms with Crippen LogP contribution in [-0.2, 0) is 4.79 Å². The SMILES string of the molecule is CSc1nc2c(c(=O)[nH]1)C(c1ccc(O)c(O)c1)CC(=O)N2. The van der Waals surface area contributed by atoms with E-state index in [1.165, 1.54) is 23.9 Å². The lowest BCUT2D eigenvalue weighted by molar-refractivity contribution is -0.116. The van der Waals surface area contributed by atoms with Crippen molar-refractivity contribution in [2.45, 2.75) is 17.5 Å². The van der Waals surface area contributed by atoms with Gasteiger partial charge < -0.3 is 20.5 Å². The van der Waals surface area contributed by atoms with Crippen molar-refractivity contribution in [1.29, 1.82) is 0 Å². The summed E-state index contributed by atoms with van der Waals surface area (Å²) in [6.07, 6.45) is 1.84. The molecule has 0 bridgehead atoms. The number of aromatic amines is 1. The number of amides is 1. The second kappa shape index (κ2) is 5.38. The van der Waals surface area contributed by atoms with Crippen LogP contribution in [0.5, 0.6) is 11.5 Å². The van der Waals surface area contributed by atoms with Crippen LogP contribution >= 0.6 is 11.8 Å². The van der Waals surface area contributed by atoms with Gasteiger partial charge in [-0.2, -0.15) is 0 Å². The maximum absolute atomic E-state index is 12.3. The molecule has 1 aromatic carbocycles. The highest BCUT2D eigenvalue weighted by Crippen LogP contribution is 2.37.